The Bertz CT molecular complexity index is 889. The first kappa shape index (κ1) is 15.1. The summed E-state index contributed by atoms with van der Waals surface area (Å²) >= 11 is 0. The third kappa shape index (κ3) is 2.65. The zero-order valence-corrected chi connectivity index (χ0v) is 13.9. The number of para-hydroxylation sites is 2. The largest absolute Gasteiger partial charge is 0.329 e. The van der Waals surface area contributed by atoms with Gasteiger partial charge in [-0.05, 0) is 37.1 Å². The lowest BCUT2D eigenvalue weighted by Crippen LogP contribution is -2.37. The monoisotopic (exact) mass is 322 g/mol. The van der Waals surface area contributed by atoms with Crippen molar-refractivity contribution in [1.29, 1.82) is 0 Å². The SMILES string of the molecule is Cn1c(=O)n(C2CCN(Cc3ccccn3)CC2)c2ccccc21. The predicted molar refractivity (Wildman–Crippen MR) is 95.0 cm³/mol. The third-order valence-electron chi connectivity index (χ3n) is 5.03. The van der Waals surface area contributed by atoms with Crippen molar-refractivity contribution in [3.63, 3.8) is 0 Å². The maximum absolute atomic E-state index is 12.7. The summed E-state index contributed by atoms with van der Waals surface area (Å²) in [5, 5.41) is 0. The fourth-order valence-corrected chi connectivity index (χ4v) is 3.73. The van der Waals surface area contributed by atoms with E-state index in [0.29, 0.717) is 0 Å². The van der Waals surface area contributed by atoms with Crippen molar-refractivity contribution in [2.45, 2.75) is 25.4 Å². The number of hydrogen-bond acceptors (Lipinski definition) is 3. The molecule has 3 aromatic rings. The molecule has 124 valence electrons. The second kappa shape index (κ2) is 6.24. The molecule has 1 aromatic carbocycles. The molecule has 1 saturated heterocycles. The van der Waals surface area contributed by atoms with Crippen LogP contribution in [0.25, 0.3) is 11.0 Å². The Morgan fingerprint density at radius 3 is 2.46 bits per heavy atom. The van der Waals surface area contributed by atoms with Gasteiger partial charge in [-0.2, -0.15) is 0 Å². The average molecular weight is 322 g/mol. The fourth-order valence-electron chi connectivity index (χ4n) is 3.73. The van der Waals surface area contributed by atoms with E-state index in [1.165, 1.54) is 0 Å². The van der Waals surface area contributed by atoms with E-state index in [1.54, 1.807) is 4.57 Å². The first-order valence-corrected chi connectivity index (χ1v) is 8.52. The summed E-state index contributed by atoms with van der Waals surface area (Å²) in [6.07, 6.45) is 3.85. The Kier molecular flexibility index (Phi) is 3.94. The maximum Gasteiger partial charge on any atom is 0.329 e. The van der Waals surface area contributed by atoms with Crippen LogP contribution in [0.1, 0.15) is 24.6 Å². The van der Waals surface area contributed by atoms with Crippen molar-refractivity contribution in [3.05, 3.63) is 64.8 Å². The van der Waals surface area contributed by atoms with Crippen molar-refractivity contribution in [2.24, 2.45) is 7.05 Å². The van der Waals surface area contributed by atoms with E-state index in [9.17, 15) is 4.79 Å². The second-order valence-corrected chi connectivity index (χ2v) is 6.53. The summed E-state index contributed by atoms with van der Waals surface area (Å²) in [6, 6.07) is 14.4. The number of imidazole rings is 1. The molecule has 0 radical (unpaired) electrons. The highest BCUT2D eigenvalue weighted by Crippen LogP contribution is 2.26. The van der Waals surface area contributed by atoms with Crippen LogP contribution >= 0.6 is 0 Å². The van der Waals surface area contributed by atoms with E-state index in [1.807, 2.05) is 48.1 Å². The van der Waals surface area contributed by atoms with Crippen LogP contribution in [0.5, 0.6) is 0 Å². The summed E-state index contributed by atoms with van der Waals surface area (Å²) in [5.74, 6) is 0. The van der Waals surface area contributed by atoms with Gasteiger partial charge in [0.2, 0.25) is 0 Å². The predicted octanol–water partition coefficient (Wildman–Crippen LogP) is 2.57. The molecule has 0 aliphatic carbocycles. The number of benzene rings is 1. The van der Waals surface area contributed by atoms with Crippen LogP contribution in [0, 0.1) is 0 Å². The lowest BCUT2D eigenvalue weighted by Gasteiger charge is -2.32. The molecule has 24 heavy (non-hydrogen) atoms. The molecule has 0 atom stereocenters. The van der Waals surface area contributed by atoms with E-state index < -0.39 is 0 Å². The molecule has 0 spiro atoms. The summed E-state index contributed by atoms with van der Waals surface area (Å²) in [7, 11) is 1.86. The van der Waals surface area contributed by atoms with E-state index in [0.717, 1.165) is 49.2 Å². The van der Waals surface area contributed by atoms with Gasteiger partial charge >= 0.3 is 5.69 Å². The Hall–Kier alpha value is -2.40. The molecule has 4 rings (SSSR count). The van der Waals surface area contributed by atoms with Gasteiger partial charge in [0, 0.05) is 38.9 Å². The Morgan fingerprint density at radius 2 is 1.75 bits per heavy atom. The number of pyridine rings is 1. The summed E-state index contributed by atoms with van der Waals surface area (Å²) in [5.41, 5.74) is 3.27. The van der Waals surface area contributed by atoms with Gasteiger partial charge in [-0.3, -0.25) is 19.0 Å². The molecule has 0 saturated carbocycles. The molecular weight excluding hydrogens is 300 g/mol. The van der Waals surface area contributed by atoms with Crippen molar-refractivity contribution >= 4 is 11.0 Å². The highest BCUT2D eigenvalue weighted by atomic mass is 16.1. The molecule has 1 fully saturated rings. The molecule has 2 aromatic heterocycles. The van der Waals surface area contributed by atoms with Gasteiger partial charge in [0.25, 0.3) is 0 Å². The topological polar surface area (TPSA) is 43.1 Å². The summed E-state index contributed by atoms with van der Waals surface area (Å²) < 4.78 is 3.75. The maximum atomic E-state index is 12.7. The van der Waals surface area contributed by atoms with Gasteiger partial charge in [0.1, 0.15) is 0 Å². The van der Waals surface area contributed by atoms with Crippen LogP contribution < -0.4 is 5.69 Å². The van der Waals surface area contributed by atoms with Gasteiger partial charge < -0.3 is 0 Å². The molecule has 3 heterocycles. The number of fused-ring (bicyclic) bond motifs is 1. The van der Waals surface area contributed by atoms with Gasteiger partial charge in [0.15, 0.2) is 0 Å². The Labute approximate surface area is 141 Å². The Balaban J connectivity index is 1.52. The van der Waals surface area contributed by atoms with Crippen LogP contribution in [0.3, 0.4) is 0 Å². The second-order valence-electron chi connectivity index (χ2n) is 6.53. The zero-order chi connectivity index (χ0) is 16.5. The van der Waals surface area contributed by atoms with Gasteiger partial charge in [-0.1, -0.05) is 18.2 Å². The van der Waals surface area contributed by atoms with Gasteiger partial charge in [-0.15, -0.1) is 0 Å². The standard InChI is InChI=1S/C19H22N4O/c1-21-17-7-2-3-8-18(17)23(19(21)24)16-9-12-22(13-10-16)14-15-6-4-5-11-20-15/h2-8,11,16H,9-10,12-14H2,1H3. The molecule has 0 N–H and O–H groups in total. The highest BCUT2D eigenvalue weighted by Gasteiger charge is 2.24. The number of nitrogens with zero attached hydrogens (tertiary/aromatic N) is 4. The van der Waals surface area contributed by atoms with E-state index >= 15 is 0 Å². The number of rotatable bonds is 3. The van der Waals surface area contributed by atoms with E-state index in [4.69, 9.17) is 0 Å². The zero-order valence-electron chi connectivity index (χ0n) is 13.9. The van der Waals surface area contributed by atoms with Gasteiger partial charge in [0.05, 0.1) is 16.7 Å². The average Bonchev–Trinajstić information content (AvgIpc) is 2.88. The van der Waals surface area contributed by atoms with Gasteiger partial charge in [-0.25, -0.2) is 4.79 Å². The van der Waals surface area contributed by atoms with Crippen LogP contribution in [0.4, 0.5) is 0 Å². The number of piperidine rings is 1. The molecule has 1 aliphatic heterocycles. The highest BCUT2D eigenvalue weighted by molar-refractivity contribution is 5.76. The smallest absolute Gasteiger partial charge is 0.297 e. The minimum absolute atomic E-state index is 0.0966. The lowest BCUT2D eigenvalue weighted by atomic mass is 10.0. The van der Waals surface area contributed by atoms with Crippen LogP contribution in [-0.2, 0) is 13.6 Å². The molecule has 1 aliphatic rings. The lowest BCUT2D eigenvalue weighted by molar-refractivity contribution is 0.178. The van der Waals surface area contributed by atoms with E-state index in [2.05, 4.69) is 22.0 Å². The number of aryl methyl sites for hydroxylation is 1. The number of hydrogen-bond donors (Lipinski definition) is 0. The number of likely N-dealkylation sites (tertiary alicyclic amines) is 1. The fraction of sp³-hybridized carbons (Fsp3) is 0.368. The molecule has 5 heteroatoms. The molecule has 0 unspecified atom stereocenters. The number of aromatic nitrogens is 3. The first-order chi connectivity index (χ1) is 11.7. The molecular formula is C19H22N4O. The first-order valence-electron chi connectivity index (χ1n) is 8.52. The molecule has 0 bridgehead atoms. The minimum atomic E-state index is 0.0966. The van der Waals surface area contributed by atoms with Crippen molar-refractivity contribution in [1.82, 2.24) is 19.0 Å². The van der Waals surface area contributed by atoms with Crippen molar-refractivity contribution in [2.75, 3.05) is 13.1 Å². The van der Waals surface area contributed by atoms with Crippen molar-refractivity contribution in [3.8, 4) is 0 Å². The van der Waals surface area contributed by atoms with Crippen LogP contribution in [0.15, 0.2) is 53.5 Å². The normalized spacial score (nSPS) is 16.7. The minimum Gasteiger partial charge on any atom is -0.297 e. The van der Waals surface area contributed by atoms with Crippen molar-refractivity contribution < 1.29 is 0 Å². The van der Waals surface area contributed by atoms with Crippen LogP contribution in [0.2, 0.25) is 0 Å². The summed E-state index contributed by atoms with van der Waals surface area (Å²) in [4.78, 5) is 19.5. The van der Waals surface area contributed by atoms with Crippen LogP contribution in [-0.4, -0.2) is 32.1 Å². The van der Waals surface area contributed by atoms with E-state index in [-0.39, 0.29) is 11.7 Å². The molecule has 5 nitrogen and oxygen atoms in total. The third-order valence-corrected chi connectivity index (χ3v) is 5.03. The Morgan fingerprint density at radius 1 is 1.04 bits per heavy atom. The summed E-state index contributed by atoms with van der Waals surface area (Å²) in [6.45, 7) is 2.88. The quantitative estimate of drug-likeness (QED) is 0.744. The molecule has 0 amide bonds.